The van der Waals surface area contributed by atoms with E-state index in [-0.39, 0.29) is 34.5 Å². The Kier molecular flexibility index (Phi) is 7.75. The van der Waals surface area contributed by atoms with Crippen molar-refractivity contribution >= 4 is 32.5 Å². The molecule has 0 aliphatic rings. The minimum atomic E-state index is -4.00. The third-order valence-corrected chi connectivity index (χ3v) is 5.00. The van der Waals surface area contributed by atoms with Crippen molar-refractivity contribution in [1.29, 1.82) is 0 Å². The predicted molar refractivity (Wildman–Crippen MR) is 85.4 cm³/mol. The van der Waals surface area contributed by atoms with E-state index in [0.29, 0.717) is 6.54 Å². The Morgan fingerprint density at radius 2 is 1.82 bits per heavy atom. The van der Waals surface area contributed by atoms with Crippen LogP contribution < -0.4 is 14.6 Å². The molecule has 0 heterocycles. The number of hydrogen-bond donors (Lipinski definition) is 2. The molecule has 22 heavy (non-hydrogen) atoms. The van der Waals surface area contributed by atoms with Crippen LogP contribution >= 0.6 is 12.4 Å². The van der Waals surface area contributed by atoms with E-state index in [4.69, 9.17) is 9.88 Å². The number of halogens is 1. The van der Waals surface area contributed by atoms with Crippen molar-refractivity contribution in [3.63, 3.8) is 0 Å². The Balaban J connectivity index is 0.00000441. The van der Waals surface area contributed by atoms with Gasteiger partial charge in [-0.05, 0) is 32.3 Å². The van der Waals surface area contributed by atoms with Crippen LogP contribution in [0.2, 0.25) is 0 Å². The third-order valence-electron chi connectivity index (χ3n) is 2.60. The molecule has 0 amide bonds. The molecule has 0 saturated heterocycles. The summed E-state index contributed by atoms with van der Waals surface area (Å²) >= 11 is 0. The van der Waals surface area contributed by atoms with Gasteiger partial charge in [0.05, 0.1) is 12.0 Å². The van der Waals surface area contributed by atoms with E-state index in [1.54, 1.807) is 19.0 Å². The van der Waals surface area contributed by atoms with Crippen LogP contribution in [-0.2, 0) is 20.0 Å². The molecule has 11 heteroatoms. The van der Waals surface area contributed by atoms with Crippen LogP contribution in [0.3, 0.4) is 0 Å². The molecule has 1 rings (SSSR count). The average Bonchev–Trinajstić information content (AvgIpc) is 2.36. The summed E-state index contributed by atoms with van der Waals surface area (Å²) in [5.41, 5.74) is 0. The number of likely N-dealkylation sites (N-methyl/N-ethyl adjacent to an activating group) is 1. The van der Waals surface area contributed by atoms with Crippen LogP contribution in [0, 0.1) is 0 Å². The van der Waals surface area contributed by atoms with E-state index in [1.165, 1.54) is 19.2 Å². The van der Waals surface area contributed by atoms with Crippen molar-refractivity contribution in [2.75, 3.05) is 34.3 Å². The maximum Gasteiger partial charge on any atom is 0.244 e. The van der Waals surface area contributed by atoms with Gasteiger partial charge in [-0.25, -0.2) is 26.7 Å². The Morgan fingerprint density at radius 3 is 2.27 bits per heavy atom. The van der Waals surface area contributed by atoms with Gasteiger partial charge in [0.25, 0.3) is 0 Å². The number of primary sulfonamides is 1. The highest BCUT2D eigenvalue weighted by Crippen LogP contribution is 2.26. The van der Waals surface area contributed by atoms with Gasteiger partial charge in [0.1, 0.15) is 10.6 Å². The minimum absolute atomic E-state index is 0. The lowest BCUT2D eigenvalue weighted by molar-refractivity contribution is 0.399. The van der Waals surface area contributed by atoms with Crippen molar-refractivity contribution in [2.24, 2.45) is 5.14 Å². The van der Waals surface area contributed by atoms with Crippen molar-refractivity contribution in [2.45, 2.75) is 9.79 Å². The Hall–Kier alpha value is -0.910. The molecule has 128 valence electrons. The highest BCUT2D eigenvalue weighted by molar-refractivity contribution is 7.90. The molecule has 8 nitrogen and oxygen atoms in total. The van der Waals surface area contributed by atoms with Gasteiger partial charge in [0.15, 0.2) is 0 Å². The molecule has 0 bridgehead atoms. The lowest BCUT2D eigenvalue weighted by Crippen LogP contribution is -2.31. The average molecular weight is 374 g/mol. The first-order chi connectivity index (χ1) is 9.58. The summed E-state index contributed by atoms with van der Waals surface area (Å²) in [5.74, 6) is 0.0414. The minimum Gasteiger partial charge on any atom is -0.495 e. The number of ether oxygens (including phenoxy) is 1. The predicted octanol–water partition coefficient (Wildman–Crippen LogP) is -0.396. The number of hydrogen-bond acceptors (Lipinski definition) is 6. The zero-order valence-corrected chi connectivity index (χ0v) is 14.9. The summed E-state index contributed by atoms with van der Waals surface area (Å²) in [6, 6.07) is 3.42. The molecule has 1 aromatic rings. The van der Waals surface area contributed by atoms with Crippen LogP contribution in [-0.4, -0.2) is 56.0 Å². The fourth-order valence-corrected chi connectivity index (χ4v) is 3.35. The zero-order chi connectivity index (χ0) is 16.3. The van der Waals surface area contributed by atoms with Gasteiger partial charge in [-0.3, -0.25) is 0 Å². The number of benzene rings is 1. The first-order valence-electron chi connectivity index (χ1n) is 5.93. The second kappa shape index (κ2) is 8.09. The molecule has 1 aromatic carbocycles. The molecule has 0 saturated carbocycles. The fraction of sp³-hybridized carbons (Fsp3) is 0.455. The summed E-state index contributed by atoms with van der Waals surface area (Å²) in [7, 11) is -3.00. The number of nitrogens with one attached hydrogen (secondary N) is 1. The quantitative estimate of drug-likeness (QED) is 0.671. The van der Waals surface area contributed by atoms with Crippen LogP contribution in [0.4, 0.5) is 0 Å². The van der Waals surface area contributed by atoms with Crippen molar-refractivity contribution in [1.82, 2.24) is 9.62 Å². The highest BCUT2D eigenvalue weighted by Gasteiger charge is 2.22. The van der Waals surface area contributed by atoms with E-state index in [2.05, 4.69) is 4.72 Å². The van der Waals surface area contributed by atoms with Gasteiger partial charge in [-0.15, -0.1) is 12.4 Å². The highest BCUT2D eigenvalue weighted by atomic mass is 35.5. The van der Waals surface area contributed by atoms with E-state index >= 15 is 0 Å². The monoisotopic (exact) mass is 373 g/mol. The van der Waals surface area contributed by atoms with Crippen LogP contribution in [0.1, 0.15) is 0 Å². The van der Waals surface area contributed by atoms with Gasteiger partial charge in [0, 0.05) is 13.1 Å². The largest absolute Gasteiger partial charge is 0.495 e. The fourth-order valence-electron chi connectivity index (χ4n) is 1.53. The van der Waals surface area contributed by atoms with E-state index in [9.17, 15) is 16.8 Å². The number of sulfonamides is 2. The number of rotatable bonds is 7. The maximum atomic E-state index is 12.2. The molecule has 0 radical (unpaired) electrons. The van der Waals surface area contributed by atoms with Gasteiger partial charge >= 0.3 is 0 Å². The molecule has 0 spiro atoms. The number of nitrogens with zero attached hydrogens (tertiary/aromatic N) is 1. The molecule has 0 unspecified atom stereocenters. The summed E-state index contributed by atoms with van der Waals surface area (Å²) in [5, 5.41) is 5.01. The summed E-state index contributed by atoms with van der Waals surface area (Å²) in [6.45, 7) is 0.675. The van der Waals surface area contributed by atoms with Gasteiger partial charge in [-0.1, -0.05) is 0 Å². The normalized spacial score (nSPS) is 12.0. The van der Waals surface area contributed by atoms with E-state index < -0.39 is 20.0 Å². The van der Waals surface area contributed by atoms with Gasteiger partial charge in [0.2, 0.25) is 20.0 Å². The van der Waals surface area contributed by atoms with Crippen LogP contribution in [0.25, 0.3) is 0 Å². The molecular formula is C11H20ClN3O5S2. The first-order valence-corrected chi connectivity index (χ1v) is 8.96. The summed E-state index contributed by atoms with van der Waals surface area (Å²) < 4.78 is 54.5. The van der Waals surface area contributed by atoms with Gasteiger partial charge in [-0.2, -0.15) is 0 Å². The zero-order valence-electron chi connectivity index (χ0n) is 12.4. The molecular weight excluding hydrogens is 354 g/mol. The van der Waals surface area contributed by atoms with Gasteiger partial charge < -0.3 is 9.64 Å². The summed E-state index contributed by atoms with van der Waals surface area (Å²) in [6.07, 6.45) is 0. The van der Waals surface area contributed by atoms with Crippen LogP contribution in [0.5, 0.6) is 5.75 Å². The second-order valence-electron chi connectivity index (χ2n) is 4.56. The smallest absolute Gasteiger partial charge is 0.244 e. The van der Waals surface area contributed by atoms with Crippen molar-refractivity contribution in [3.05, 3.63) is 18.2 Å². The van der Waals surface area contributed by atoms with E-state index in [1.807, 2.05) is 0 Å². The lowest BCUT2D eigenvalue weighted by atomic mass is 10.3. The van der Waals surface area contributed by atoms with Crippen molar-refractivity contribution in [3.8, 4) is 5.75 Å². The maximum absolute atomic E-state index is 12.2. The molecule has 0 aromatic heterocycles. The topological polar surface area (TPSA) is 119 Å². The third kappa shape index (κ3) is 5.71. The first kappa shape index (κ1) is 21.1. The number of nitrogens with two attached hydrogens (primary N) is 1. The lowest BCUT2D eigenvalue weighted by Gasteiger charge is -2.13. The molecule has 0 fully saturated rings. The van der Waals surface area contributed by atoms with E-state index in [0.717, 1.165) is 6.07 Å². The molecule has 0 aliphatic carbocycles. The number of methoxy groups -OCH3 is 1. The SMILES string of the molecule is COc1ccc(S(N)(=O)=O)cc1S(=O)(=O)NCCN(C)C.Cl. The Bertz CT molecular complexity index is 704. The van der Waals surface area contributed by atoms with Crippen LogP contribution in [0.15, 0.2) is 28.0 Å². The standard InChI is InChI=1S/C11H19N3O5S2.ClH/c1-14(2)7-6-13-21(17,18)11-8-9(20(12,15)16)4-5-10(11)19-3;/h4-5,8,13H,6-7H2,1-3H3,(H2,12,15,16);1H. The molecule has 0 atom stereocenters. The molecule has 0 aliphatic heterocycles. The summed E-state index contributed by atoms with van der Waals surface area (Å²) in [4.78, 5) is 1.24. The molecule has 3 N–H and O–H groups in total. The Labute approximate surface area is 137 Å². The second-order valence-corrected chi connectivity index (χ2v) is 7.86. The van der Waals surface area contributed by atoms with Crippen molar-refractivity contribution < 1.29 is 21.6 Å². The Morgan fingerprint density at radius 1 is 1.23 bits per heavy atom.